The van der Waals surface area contributed by atoms with E-state index in [1.807, 2.05) is 0 Å². The van der Waals surface area contributed by atoms with Gasteiger partial charge in [0, 0.05) is 11.3 Å². The maximum Gasteiger partial charge on any atom is 0.0705 e. The van der Waals surface area contributed by atoms with Crippen molar-refractivity contribution >= 4 is 0 Å². The second-order valence-electron chi connectivity index (χ2n) is 9.35. The summed E-state index contributed by atoms with van der Waals surface area (Å²) in [5.74, 6) is 0.606. The lowest BCUT2D eigenvalue weighted by Gasteiger charge is -2.36. The van der Waals surface area contributed by atoms with Crippen LogP contribution in [0.3, 0.4) is 0 Å². The lowest BCUT2D eigenvalue weighted by molar-refractivity contribution is 0.256. The average Bonchev–Trinajstić information content (AvgIpc) is 2.61. The number of benzene rings is 1. The summed E-state index contributed by atoms with van der Waals surface area (Å²) in [6.07, 6.45) is 7.16. The fourth-order valence-corrected chi connectivity index (χ4v) is 4.28. The van der Waals surface area contributed by atoms with E-state index in [0.29, 0.717) is 5.92 Å². The van der Waals surface area contributed by atoms with Crippen LogP contribution in [-0.4, -0.2) is 4.98 Å². The topological polar surface area (TPSA) is 12.9 Å². The Morgan fingerprint density at radius 3 is 2.62 bits per heavy atom. The van der Waals surface area contributed by atoms with Crippen molar-refractivity contribution in [3.05, 3.63) is 65.9 Å². The van der Waals surface area contributed by atoms with E-state index in [9.17, 15) is 0 Å². The molecular formula is C25H33N. The van der Waals surface area contributed by atoms with Gasteiger partial charge in [0.05, 0.1) is 5.69 Å². The van der Waals surface area contributed by atoms with Crippen LogP contribution in [0.15, 0.2) is 49.1 Å². The van der Waals surface area contributed by atoms with Gasteiger partial charge in [-0.2, -0.15) is 0 Å². The first kappa shape index (κ1) is 18.9. The minimum atomic E-state index is 0.155. The van der Waals surface area contributed by atoms with Crippen molar-refractivity contribution in [3.63, 3.8) is 0 Å². The van der Waals surface area contributed by atoms with Crippen molar-refractivity contribution < 1.29 is 0 Å². The molecule has 1 saturated carbocycles. The number of hydrogen-bond donors (Lipinski definition) is 0. The Morgan fingerprint density at radius 2 is 1.96 bits per heavy atom. The molecule has 0 radical (unpaired) electrons. The van der Waals surface area contributed by atoms with Gasteiger partial charge in [-0.3, -0.25) is 4.98 Å². The van der Waals surface area contributed by atoms with E-state index >= 15 is 0 Å². The molecule has 0 aliphatic heterocycles. The molecule has 1 aliphatic rings. The first-order valence-corrected chi connectivity index (χ1v) is 9.94. The van der Waals surface area contributed by atoms with Gasteiger partial charge in [0.15, 0.2) is 0 Å². The van der Waals surface area contributed by atoms with Crippen LogP contribution in [0.25, 0.3) is 11.3 Å². The van der Waals surface area contributed by atoms with Crippen molar-refractivity contribution in [2.24, 2.45) is 5.41 Å². The Hall–Kier alpha value is -1.89. The Balaban J connectivity index is 1.90. The third-order valence-electron chi connectivity index (χ3n) is 6.10. The highest BCUT2D eigenvalue weighted by Crippen LogP contribution is 2.45. The molecule has 2 aromatic rings. The summed E-state index contributed by atoms with van der Waals surface area (Å²) in [4.78, 5) is 4.99. The van der Waals surface area contributed by atoms with E-state index < -0.39 is 0 Å². The summed E-state index contributed by atoms with van der Waals surface area (Å²) >= 11 is 0. The van der Waals surface area contributed by atoms with Gasteiger partial charge < -0.3 is 0 Å². The summed E-state index contributed by atoms with van der Waals surface area (Å²) in [6.45, 7) is 15.4. The normalized spacial score (nSPS) is 23.7. The highest BCUT2D eigenvalue weighted by molar-refractivity contribution is 5.61. The quantitative estimate of drug-likeness (QED) is 0.535. The molecule has 1 fully saturated rings. The van der Waals surface area contributed by atoms with Gasteiger partial charge >= 0.3 is 0 Å². The summed E-state index contributed by atoms with van der Waals surface area (Å²) in [7, 11) is 0. The third-order valence-corrected chi connectivity index (χ3v) is 6.10. The molecule has 0 N–H and O–H groups in total. The van der Waals surface area contributed by atoms with E-state index in [-0.39, 0.29) is 10.8 Å². The van der Waals surface area contributed by atoms with Crippen LogP contribution in [-0.2, 0) is 5.41 Å². The SMILES string of the molecule is C=C[C@]1(C)CCCC(c2ccc(-c3cccc(C(C)(C)C)c3)nc2C)C1. The molecule has 1 heterocycles. The van der Waals surface area contributed by atoms with Crippen LogP contribution in [0.4, 0.5) is 0 Å². The average molecular weight is 348 g/mol. The molecule has 1 aromatic carbocycles. The highest BCUT2D eigenvalue weighted by atomic mass is 14.7. The van der Waals surface area contributed by atoms with Crippen LogP contribution >= 0.6 is 0 Å². The Kier molecular flexibility index (Phi) is 5.10. The van der Waals surface area contributed by atoms with Crippen molar-refractivity contribution in [1.82, 2.24) is 4.98 Å². The number of aromatic nitrogens is 1. The molecule has 26 heavy (non-hydrogen) atoms. The van der Waals surface area contributed by atoms with Crippen LogP contribution in [0.1, 0.15) is 76.1 Å². The maximum atomic E-state index is 4.99. The second-order valence-corrected chi connectivity index (χ2v) is 9.35. The molecule has 1 aliphatic carbocycles. The van der Waals surface area contributed by atoms with Crippen molar-refractivity contribution in [1.29, 1.82) is 0 Å². The van der Waals surface area contributed by atoms with Crippen molar-refractivity contribution in [2.75, 3.05) is 0 Å². The van der Waals surface area contributed by atoms with Gasteiger partial charge in [0.2, 0.25) is 0 Å². The number of hydrogen-bond acceptors (Lipinski definition) is 1. The molecule has 1 heteroatoms. The molecule has 1 nitrogen and oxygen atoms in total. The van der Waals surface area contributed by atoms with Gasteiger partial charge in [0.25, 0.3) is 0 Å². The Labute approximate surface area is 159 Å². The zero-order valence-electron chi connectivity index (χ0n) is 17.1. The molecule has 138 valence electrons. The van der Waals surface area contributed by atoms with E-state index in [2.05, 4.69) is 83.7 Å². The summed E-state index contributed by atoms with van der Waals surface area (Å²) in [5.41, 5.74) is 6.69. The van der Waals surface area contributed by atoms with Crippen LogP contribution in [0.2, 0.25) is 0 Å². The summed E-state index contributed by atoms with van der Waals surface area (Å²) in [5, 5.41) is 0. The molecule has 2 atom stereocenters. The zero-order chi connectivity index (χ0) is 18.9. The predicted molar refractivity (Wildman–Crippen MR) is 113 cm³/mol. The largest absolute Gasteiger partial charge is 0.253 e. The first-order chi connectivity index (χ1) is 12.2. The minimum Gasteiger partial charge on any atom is -0.253 e. The van der Waals surface area contributed by atoms with E-state index in [1.54, 1.807) is 0 Å². The zero-order valence-corrected chi connectivity index (χ0v) is 17.1. The van der Waals surface area contributed by atoms with Crippen molar-refractivity contribution in [2.45, 2.75) is 71.6 Å². The van der Waals surface area contributed by atoms with Gasteiger partial charge in [-0.05, 0) is 66.2 Å². The smallest absolute Gasteiger partial charge is 0.0705 e. The lowest BCUT2D eigenvalue weighted by atomic mass is 9.69. The molecule has 3 rings (SSSR count). The molecule has 1 unspecified atom stereocenters. The van der Waals surface area contributed by atoms with Gasteiger partial charge in [0.1, 0.15) is 0 Å². The fraction of sp³-hybridized carbons (Fsp3) is 0.480. The number of aryl methyl sites for hydroxylation is 1. The Morgan fingerprint density at radius 1 is 1.19 bits per heavy atom. The first-order valence-electron chi connectivity index (χ1n) is 9.94. The van der Waals surface area contributed by atoms with Crippen molar-refractivity contribution in [3.8, 4) is 11.3 Å². The van der Waals surface area contributed by atoms with Crippen LogP contribution in [0, 0.1) is 12.3 Å². The van der Waals surface area contributed by atoms with Gasteiger partial charge in [-0.25, -0.2) is 0 Å². The lowest BCUT2D eigenvalue weighted by Crippen LogP contribution is -2.23. The fourth-order valence-electron chi connectivity index (χ4n) is 4.28. The van der Waals surface area contributed by atoms with Gasteiger partial charge in [-0.15, -0.1) is 6.58 Å². The van der Waals surface area contributed by atoms with Gasteiger partial charge in [-0.1, -0.05) is 64.5 Å². The van der Waals surface area contributed by atoms with Crippen LogP contribution < -0.4 is 0 Å². The molecule has 0 amide bonds. The molecule has 0 spiro atoms. The third kappa shape index (κ3) is 3.92. The summed E-state index contributed by atoms with van der Waals surface area (Å²) in [6, 6.07) is 13.4. The number of pyridine rings is 1. The number of nitrogens with zero attached hydrogens (tertiary/aromatic N) is 1. The van der Waals surface area contributed by atoms with Crippen LogP contribution in [0.5, 0.6) is 0 Å². The monoisotopic (exact) mass is 347 g/mol. The molecule has 0 bridgehead atoms. The Bertz CT molecular complexity index is 796. The highest BCUT2D eigenvalue weighted by Gasteiger charge is 2.31. The maximum absolute atomic E-state index is 4.99. The molecule has 1 aromatic heterocycles. The van der Waals surface area contributed by atoms with E-state index in [0.717, 1.165) is 5.69 Å². The summed E-state index contributed by atoms with van der Waals surface area (Å²) < 4.78 is 0. The molecule has 0 saturated heterocycles. The second kappa shape index (κ2) is 7.02. The minimum absolute atomic E-state index is 0.155. The number of rotatable bonds is 3. The standard InChI is InChI=1S/C25H33N/c1-7-25(6)15-9-11-20(17-25)22-13-14-23(26-18(22)2)19-10-8-12-21(16-19)24(3,4)5/h7-8,10,12-14,16,20H,1,9,11,15,17H2,2-6H3/t20?,25-/m1/s1. The van der Waals surface area contributed by atoms with E-state index in [1.165, 1.54) is 48.1 Å². The number of allylic oxidation sites excluding steroid dienone is 1. The van der Waals surface area contributed by atoms with E-state index in [4.69, 9.17) is 4.98 Å². The molecular weight excluding hydrogens is 314 g/mol. The predicted octanol–water partition coefficient (Wildman–Crippen LogP) is 7.20.